The number of carbonyl (C=O) groups is 1. The first kappa shape index (κ1) is 18.4. The molecule has 152 valence electrons. The molecular weight excluding hydrogens is 378 g/mol. The number of amides is 2. The Hall–Kier alpha value is -3.68. The smallest absolute Gasteiger partial charge is 0.317 e. The molecule has 0 unspecified atom stereocenters. The van der Waals surface area contributed by atoms with Crippen molar-refractivity contribution in [2.45, 2.75) is 25.3 Å². The van der Waals surface area contributed by atoms with Crippen molar-refractivity contribution in [1.29, 1.82) is 0 Å². The van der Waals surface area contributed by atoms with Crippen LogP contribution in [-0.4, -0.2) is 48.5 Å². The molecule has 1 aliphatic rings. The van der Waals surface area contributed by atoms with Gasteiger partial charge in [0, 0.05) is 56.0 Å². The number of carbonyl (C=O) groups excluding carboxylic acids is 1. The molecule has 0 aliphatic carbocycles. The van der Waals surface area contributed by atoms with Crippen LogP contribution in [0, 0.1) is 0 Å². The lowest BCUT2D eigenvalue weighted by atomic mass is 9.89. The van der Waals surface area contributed by atoms with Gasteiger partial charge in [-0.2, -0.15) is 0 Å². The number of rotatable bonds is 4. The summed E-state index contributed by atoms with van der Waals surface area (Å²) < 4.78 is 1.84. The van der Waals surface area contributed by atoms with Gasteiger partial charge in [-0.15, -0.1) is 0 Å². The number of pyridine rings is 2. The highest BCUT2D eigenvalue weighted by Gasteiger charge is 2.25. The van der Waals surface area contributed by atoms with E-state index in [-0.39, 0.29) is 6.03 Å². The van der Waals surface area contributed by atoms with Crippen LogP contribution in [0.4, 0.5) is 4.79 Å². The van der Waals surface area contributed by atoms with Crippen LogP contribution < -0.4 is 5.32 Å². The number of aromatic amines is 1. The molecule has 8 nitrogen and oxygen atoms in total. The number of fused-ring (bicyclic) bond motifs is 1. The van der Waals surface area contributed by atoms with Crippen molar-refractivity contribution >= 4 is 17.1 Å². The predicted molar refractivity (Wildman–Crippen MR) is 113 cm³/mol. The highest BCUT2D eigenvalue weighted by atomic mass is 16.2. The molecule has 30 heavy (non-hydrogen) atoms. The number of likely N-dealkylation sites (tertiary alicyclic amines) is 1. The van der Waals surface area contributed by atoms with E-state index >= 15 is 0 Å². The Bertz CT molecular complexity index is 1130. The zero-order chi connectivity index (χ0) is 20.3. The van der Waals surface area contributed by atoms with Gasteiger partial charge in [-0.05, 0) is 48.1 Å². The first-order chi connectivity index (χ1) is 14.8. The van der Waals surface area contributed by atoms with Crippen LogP contribution in [0.3, 0.4) is 0 Å². The summed E-state index contributed by atoms with van der Waals surface area (Å²) in [5.74, 6) is 1.25. The van der Waals surface area contributed by atoms with Gasteiger partial charge < -0.3 is 15.2 Å². The molecule has 0 radical (unpaired) electrons. The molecule has 4 aromatic rings. The highest BCUT2D eigenvalue weighted by molar-refractivity contribution is 5.80. The number of hydrogen-bond donors (Lipinski definition) is 2. The van der Waals surface area contributed by atoms with Crippen LogP contribution in [0.1, 0.15) is 29.9 Å². The highest BCUT2D eigenvalue weighted by Crippen LogP contribution is 2.32. The van der Waals surface area contributed by atoms with Crippen LogP contribution in [-0.2, 0) is 6.54 Å². The van der Waals surface area contributed by atoms with E-state index in [0.717, 1.165) is 43.0 Å². The van der Waals surface area contributed by atoms with E-state index in [1.54, 1.807) is 24.9 Å². The first-order valence-corrected chi connectivity index (χ1v) is 10.2. The third kappa shape index (κ3) is 3.63. The van der Waals surface area contributed by atoms with Crippen LogP contribution in [0.15, 0.2) is 61.6 Å². The van der Waals surface area contributed by atoms with E-state index in [2.05, 4.69) is 37.5 Å². The van der Waals surface area contributed by atoms with Crippen molar-refractivity contribution in [2.24, 2.45) is 0 Å². The maximum absolute atomic E-state index is 12.6. The molecule has 2 amide bonds. The largest absolute Gasteiger partial charge is 0.346 e. The molecule has 0 spiro atoms. The lowest BCUT2D eigenvalue weighted by molar-refractivity contribution is 0.181. The number of hydrogen-bond acceptors (Lipinski definition) is 4. The van der Waals surface area contributed by atoms with Gasteiger partial charge in [-0.3, -0.25) is 4.57 Å². The Kier molecular flexibility index (Phi) is 4.88. The summed E-state index contributed by atoms with van der Waals surface area (Å²) in [6.07, 6.45) is 12.8. The van der Waals surface area contributed by atoms with E-state index in [1.807, 2.05) is 33.9 Å². The van der Waals surface area contributed by atoms with E-state index in [1.165, 1.54) is 10.9 Å². The summed E-state index contributed by atoms with van der Waals surface area (Å²) in [6, 6.07) is 7.95. The van der Waals surface area contributed by atoms with Crippen LogP contribution in [0.5, 0.6) is 0 Å². The summed E-state index contributed by atoms with van der Waals surface area (Å²) in [5, 5.41) is 4.20. The minimum atomic E-state index is -0.0206. The van der Waals surface area contributed by atoms with Gasteiger partial charge in [-0.1, -0.05) is 6.07 Å². The van der Waals surface area contributed by atoms with Gasteiger partial charge in [0.05, 0.1) is 0 Å². The van der Waals surface area contributed by atoms with Crippen LogP contribution >= 0.6 is 0 Å². The molecule has 0 bridgehead atoms. The van der Waals surface area contributed by atoms with Gasteiger partial charge in [0.2, 0.25) is 0 Å². The lowest BCUT2D eigenvalue weighted by Crippen LogP contribution is -2.43. The number of nitrogens with one attached hydrogen (secondary N) is 2. The fraction of sp³-hybridized carbons (Fsp3) is 0.273. The zero-order valence-corrected chi connectivity index (χ0v) is 16.5. The Morgan fingerprint density at radius 2 is 2.07 bits per heavy atom. The Morgan fingerprint density at radius 3 is 2.83 bits per heavy atom. The summed E-state index contributed by atoms with van der Waals surface area (Å²) >= 11 is 0. The number of nitrogens with zero attached hydrogens (tertiary/aromatic N) is 5. The molecule has 1 saturated heterocycles. The molecule has 8 heteroatoms. The third-order valence-corrected chi connectivity index (χ3v) is 5.73. The van der Waals surface area contributed by atoms with Gasteiger partial charge in [0.25, 0.3) is 0 Å². The topological polar surface area (TPSA) is 91.7 Å². The van der Waals surface area contributed by atoms with Gasteiger partial charge >= 0.3 is 6.03 Å². The van der Waals surface area contributed by atoms with E-state index in [4.69, 9.17) is 0 Å². The number of aromatic nitrogens is 5. The fourth-order valence-electron chi connectivity index (χ4n) is 4.07. The minimum absolute atomic E-state index is 0.0206. The third-order valence-electron chi connectivity index (χ3n) is 5.73. The van der Waals surface area contributed by atoms with Crippen molar-refractivity contribution in [3.8, 4) is 5.82 Å². The SMILES string of the molecule is O=C(NCc1ccc(-n2ccnc2)nc1)N1CCC(c2c[nH]c3ncccc23)CC1. The molecule has 0 aromatic carbocycles. The molecule has 2 N–H and O–H groups in total. The Morgan fingerprint density at radius 1 is 1.17 bits per heavy atom. The van der Waals surface area contributed by atoms with Gasteiger partial charge in [-0.25, -0.2) is 19.7 Å². The van der Waals surface area contributed by atoms with Crippen molar-refractivity contribution in [3.63, 3.8) is 0 Å². The number of piperidine rings is 1. The van der Waals surface area contributed by atoms with Crippen molar-refractivity contribution in [1.82, 2.24) is 34.7 Å². The number of imidazole rings is 1. The maximum Gasteiger partial charge on any atom is 0.317 e. The molecule has 4 aromatic heterocycles. The Labute approximate surface area is 174 Å². The second-order valence-corrected chi connectivity index (χ2v) is 7.56. The standard InChI is InChI=1S/C22H23N7O/c30-22(27-13-16-3-4-20(25-12-16)29-11-8-23-15-29)28-9-5-17(6-10-28)19-14-26-21-18(19)2-1-7-24-21/h1-4,7-8,11-12,14-15,17H,5-6,9-10,13H2,(H,24,26)(H,27,30). The number of H-pyrrole nitrogens is 1. The molecule has 0 saturated carbocycles. The molecule has 0 atom stereocenters. The monoisotopic (exact) mass is 401 g/mol. The fourth-order valence-corrected chi connectivity index (χ4v) is 4.07. The van der Waals surface area contributed by atoms with E-state index < -0.39 is 0 Å². The van der Waals surface area contributed by atoms with E-state index in [0.29, 0.717) is 12.5 Å². The Balaban J connectivity index is 1.14. The molecule has 5 rings (SSSR count). The van der Waals surface area contributed by atoms with Crippen molar-refractivity contribution < 1.29 is 4.79 Å². The number of urea groups is 1. The summed E-state index contributed by atoms with van der Waals surface area (Å²) in [7, 11) is 0. The normalized spacial score (nSPS) is 14.9. The second-order valence-electron chi connectivity index (χ2n) is 7.56. The second kappa shape index (κ2) is 7.98. The lowest BCUT2D eigenvalue weighted by Gasteiger charge is -2.32. The quantitative estimate of drug-likeness (QED) is 0.549. The first-order valence-electron chi connectivity index (χ1n) is 10.2. The predicted octanol–water partition coefficient (Wildman–Crippen LogP) is 3.23. The van der Waals surface area contributed by atoms with Crippen molar-refractivity contribution in [2.75, 3.05) is 13.1 Å². The van der Waals surface area contributed by atoms with Gasteiger partial charge in [0.1, 0.15) is 17.8 Å². The average molecular weight is 401 g/mol. The summed E-state index contributed by atoms with van der Waals surface area (Å²) in [6.45, 7) is 1.96. The van der Waals surface area contributed by atoms with E-state index in [9.17, 15) is 4.79 Å². The molecular formula is C22H23N7O. The maximum atomic E-state index is 12.6. The molecule has 5 heterocycles. The zero-order valence-electron chi connectivity index (χ0n) is 16.5. The average Bonchev–Trinajstić information content (AvgIpc) is 3.48. The summed E-state index contributed by atoms with van der Waals surface area (Å²) in [5.41, 5.74) is 3.20. The minimum Gasteiger partial charge on any atom is -0.346 e. The van der Waals surface area contributed by atoms with Crippen molar-refractivity contribution in [3.05, 3.63) is 72.7 Å². The summed E-state index contributed by atoms with van der Waals surface area (Å²) in [4.78, 5) is 30.6. The van der Waals surface area contributed by atoms with Crippen LogP contribution in [0.25, 0.3) is 16.9 Å². The van der Waals surface area contributed by atoms with Gasteiger partial charge in [0.15, 0.2) is 0 Å². The molecule has 1 fully saturated rings. The molecule has 1 aliphatic heterocycles. The van der Waals surface area contributed by atoms with Crippen LogP contribution in [0.2, 0.25) is 0 Å².